The van der Waals surface area contributed by atoms with Gasteiger partial charge in [-0.25, -0.2) is 9.13 Å². The predicted molar refractivity (Wildman–Crippen MR) is 423 cm³/mol. The summed E-state index contributed by atoms with van der Waals surface area (Å²) in [5, 5.41) is 10.7. The molecule has 7 atom stereocenters. The van der Waals surface area contributed by atoms with Crippen LogP contribution in [0.3, 0.4) is 0 Å². The second-order valence-corrected chi connectivity index (χ2v) is 33.6. The Morgan fingerprint density at radius 2 is 0.466 bits per heavy atom. The van der Waals surface area contributed by atoms with Gasteiger partial charge in [0, 0.05) is 25.7 Å². The van der Waals surface area contributed by atoms with Crippen molar-refractivity contribution in [1.29, 1.82) is 0 Å². The smallest absolute Gasteiger partial charge is 0.462 e. The molecule has 0 spiro atoms. The Kier molecular flexibility index (Phi) is 74.1. The van der Waals surface area contributed by atoms with Gasteiger partial charge in [-0.1, -0.05) is 395 Å². The van der Waals surface area contributed by atoms with E-state index in [1.807, 2.05) is 0 Å². The first-order valence-corrected chi connectivity index (χ1v) is 46.6. The average molecular weight is 1510 g/mol. The first-order valence-electron chi connectivity index (χ1n) is 43.6. The Bertz CT molecular complexity index is 1980. The van der Waals surface area contributed by atoms with Crippen molar-refractivity contribution in [2.45, 2.75) is 464 Å². The highest BCUT2D eigenvalue weighted by molar-refractivity contribution is 7.47. The fourth-order valence-corrected chi connectivity index (χ4v) is 14.6. The van der Waals surface area contributed by atoms with E-state index in [-0.39, 0.29) is 25.7 Å². The summed E-state index contributed by atoms with van der Waals surface area (Å²) in [6.45, 7) is 9.71. The molecule has 0 amide bonds. The van der Waals surface area contributed by atoms with Crippen LogP contribution < -0.4 is 0 Å². The number of rotatable bonds is 83. The molecular weight excluding hydrogens is 1340 g/mol. The Labute approximate surface area is 632 Å². The zero-order valence-electron chi connectivity index (χ0n) is 67.6. The van der Waals surface area contributed by atoms with Crippen LogP contribution >= 0.6 is 15.6 Å². The van der Waals surface area contributed by atoms with Gasteiger partial charge < -0.3 is 33.8 Å². The van der Waals surface area contributed by atoms with Crippen LogP contribution in [0.15, 0.2) is 0 Å². The number of ether oxygens (including phenoxy) is 4. The lowest BCUT2D eigenvalue weighted by Gasteiger charge is -2.21. The summed E-state index contributed by atoms with van der Waals surface area (Å²) in [4.78, 5) is 73.1. The third-order valence-corrected chi connectivity index (χ3v) is 22.3. The summed E-state index contributed by atoms with van der Waals surface area (Å²) >= 11 is 0. The van der Waals surface area contributed by atoms with Crippen LogP contribution in [0.5, 0.6) is 0 Å². The van der Waals surface area contributed by atoms with Crippen LogP contribution in [0.2, 0.25) is 0 Å². The van der Waals surface area contributed by atoms with Gasteiger partial charge in [-0.15, -0.1) is 0 Å². The van der Waals surface area contributed by atoms with E-state index in [2.05, 4.69) is 41.5 Å². The molecule has 4 unspecified atom stereocenters. The van der Waals surface area contributed by atoms with Crippen LogP contribution in [0.4, 0.5) is 0 Å². The number of esters is 4. The minimum absolute atomic E-state index is 0.106. The molecule has 0 aromatic carbocycles. The van der Waals surface area contributed by atoms with Gasteiger partial charge in [-0.05, 0) is 37.5 Å². The molecule has 3 N–H and O–H groups in total. The van der Waals surface area contributed by atoms with E-state index in [0.717, 1.165) is 102 Å². The summed E-state index contributed by atoms with van der Waals surface area (Å²) in [5.74, 6) is -0.465. The minimum Gasteiger partial charge on any atom is -0.462 e. The number of hydrogen-bond acceptors (Lipinski definition) is 15. The molecule has 0 aromatic rings. The molecule has 0 aliphatic carbocycles. The largest absolute Gasteiger partial charge is 0.472 e. The summed E-state index contributed by atoms with van der Waals surface area (Å²) in [6.07, 6.45) is 66.6. The number of aliphatic hydroxyl groups is 1. The minimum atomic E-state index is -4.96. The van der Waals surface area contributed by atoms with Crippen LogP contribution in [-0.4, -0.2) is 96.7 Å². The molecule has 0 rings (SSSR count). The molecule has 0 saturated carbocycles. The van der Waals surface area contributed by atoms with E-state index < -0.39 is 97.5 Å². The third kappa shape index (κ3) is 75.3. The van der Waals surface area contributed by atoms with Crippen molar-refractivity contribution in [3.8, 4) is 0 Å². The van der Waals surface area contributed by atoms with Crippen LogP contribution in [0.25, 0.3) is 0 Å². The number of phosphoric acid groups is 2. The van der Waals surface area contributed by atoms with Gasteiger partial charge in [0.15, 0.2) is 12.2 Å². The number of carbonyl (C=O) groups is 4. The Hall–Kier alpha value is -1.94. The monoisotopic (exact) mass is 1510 g/mol. The number of hydrogen-bond donors (Lipinski definition) is 3. The number of aliphatic hydroxyl groups excluding tert-OH is 1. The van der Waals surface area contributed by atoms with Crippen LogP contribution in [0, 0.1) is 11.8 Å². The molecule has 0 aliphatic rings. The number of unbranched alkanes of at least 4 members (excludes halogenated alkanes) is 51. The van der Waals surface area contributed by atoms with E-state index >= 15 is 0 Å². The maximum absolute atomic E-state index is 13.1. The fraction of sp³-hybridized carbons (Fsp3) is 0.952. The van der Waals surface area contributed by atoms with Crippen molar-refractivity contribution in [2.75, 3.05) is 39.6 Å². The fourth-order valence-electron chi connectivity index (χ4n) is 13.0. The maximum Gasteiger partial charge on any atom is 0.472 e. The van der Waals surface area contributed by atoms with Crippen molar-refractivity contribution < 1.29 is 80.2 Å². The van der Waals surface area contributed by atoms with E-state index in [4.69, 9.17) is 37.0 Å². The standard InChI is InChI=1S/C84H164O17P2/c1-7-11-13-15-17-19-21-22-23-24-28-31-34-38-42-49-55-61-67-82(87)95-72-79(100-83(88)68-62-56-50-43-39-35-32-29-26-25-27-30-33-37-40-46-52-58-64-76(5)9-3)74-98-102(90,91)96-70-78(85)71-97-103(92,93)99-75-80(73-94-81(86)66-60-54-48-41-36-20-18-16-14-12-8-2)101-84(89)69-63-57-51-45-44-47-53-59-65-77(6)10-4/h76-80,85H,7-75H2,1-6H3,(H,90,91)(H,92,93)/t76?,77?,78-,79-,80-/m1/s1. The van der Waals surface area contributed by atoms with Crippen molar-refractivity contribution in [2.24, 2.45) is 11.8 Å². The zero-order valence-corrected chi connectivity index (χ0v) is 69.4. The molecule has 0 bridgehead atoms. The van der Waals surface area contributed by atoms with Crippen molar-refractivity contribution in [3.05, 3.63) is 0 Å². The molecule has 0 fully saturated rings. The topological polar surface area (TPSA) is 237 Å². The van der Waals surface area contributed by atoms with Gasteiger partial charge in [0.05, 0.1) is 26.4 Å². The first kappa shape index (κ1) is 101. The van der Waals surface area contributed by atoms with E-state index in [0.29, 0.717) is 25.7 Å². The molecule has 0 radical (unpaired) electrons. The van der Waals surface area contributed by atoms with Crippen molar-refractivity contribution in [3.63, 3.8) is 0 Å². The summed E-state index contributed by atoms with van der Waals surface area (Å²) in [5.41, 5.74) is 0. The van der Waals surface area contributed by atoms with E-state index in [1.54, 1.807) is 0 Å². The maximum atomic E-state index is 13.1. The van der Waals surface area contributed by atoms with Gasteiger partial charge in [-0.2, -0.15) is 0 Å². The summed E-state index contributed by atoms with van der Waals surface area (Å²) in [6, 6.07) is 0. The second-order valence-electron chi connectivity index (χ2n) is 30.7. The molecule has 17 nitrogen and oxygen atoms in total. The molecule has 19 heteroatoms. The van der Waals surface area contributed by atoms with Gasteiger partial charge in [-0.3, -0.25) is 37.3 Å². The second kappa shape index (κ2) is 75.5. The lowest BCUT2D eigenvalue weighted by Crippen LogP contribution is -2.30. The van der Waals surface area contributed by atoms with Crippen LogP contribution in [-0.2, 0) is 65.4 Å². The molecule has 0 heterocycles. The summed E-state index contributed by atoms with van der Waals surface area (Å²) in [7, 11) is -9.92. The highest BCUT2D eigenvalue weighted by Gasteiger charge is 2.30. The third-order valence-electron chi connectivity index (χ3n) is 20.4. The normalized spacial score (nSPS) is 14.4. The Morgan fingerprint density at radius 3 is 0.689 bits per heavy atom. The summed E-state index contributed by atoms with van der Waals surface area (Å²) < 4.78 is 68.8. The number of phosphoric ester groups is 2. The quantitative estimate of drug-likeness (QED) is 0.0222. The molecule has 103 heavy (non-hydrogen) atoms. The van der Waals surface area contributed by atoms with E-state index in [9.17, 15) is 43.2 Å². The Morgan fingerprint density at radius 1 is 0.272 bits per heavy atom. The molecule has 0 aliphatic heterocycles. The lowest BCUT2D eigenvalue weighted by atomic mass is 9.99. The highest BCUT2D eigenvalue weighted by atomic mass is 31.2. The molecular formula is C84H164O17P2. The molecule has 0 aromatic heterocycles. The Balaban J connectivity index is 5.22. The SMILES string of the molecule is CCCCCCCCCCCCCCCCCCCCC(=O)OC[C@H](COP(=O)(O)OC[C@@H](O)COP(=O)(O)OC[C@@H](COC(=O)CCCCCCCCCCCCC)OC(=O)CCCCCCCCCCC(C)CC)OC(=O)CCCCCCCCCCCCCCCCCCCCC(C)CC. The zero-order chi connectivity index (χ0) is 75.6. The predicted octanol–water partition coefficient (Wildman–Crippen LogP) is 25.5. The van der Waals surface area contributed by atoms with Crippen molar-refractivity contribution >= 4 is 39.5 Å². The van der Waals surface area contributed by atoms with Gasteiger partial charge in [0.25, 0.3) is 0 Å². The average Bonchev–Trinajstić information content (AvgIpc) is 1.34. The molecule has 0 saturated heterocycles. The number of carbonyl (C=O) groups excluding carboxylic acids is 4. The van der Waals surface area contributed by atoms with Crippen molar-refractivity contribution in [1.82, 2.24) is 0 Å². The first-order chi connectivity index (χ1) is 49.9. The van der Waals surface area contributed by atoms with Gasteiger partial charge >= 0.3 is 39.5 Å². The van der Waals surface area contributed by atoms with Gasteiger partial charge in [0.1, 0.15) is 19.3 Å². The highest BCUT2D eigenvalue weighted by Crippen LogP contribution is 2.45. The van der Waals surface area contributed by atoms with Crippen LogP contribution in [0.1, 0.15) is 446 Å². The van der Waals surface area contributed by atoms with Gasteiger partial charge in [0.2, 0.25) is 0 Å². The lowest BCUT2D eigenvalue weighted by molar-refractivity contribution is -0.161. The van der Waals surface area contributed by atoms with E-state index in [1.165, 1.54) is 263 Å². The molecule has 612 valence electrons.